The molecule has 0 unspecified atom stereocenters. The third-order valence-electron chi connectivity index (χ3n) is 2.12. The molecule has 1 N–H and O–H groups in total. The van der Waals surface area contributed by atoms with Crippen molar-refractivity contribution < 1.29 is 14.3 Å². The second-order valence-corrected chi connectivity index (χ2v) is 3.90. The van der Waals surface area contributed by atoms with Crippen LogP contribution in [0.5, 0.6) is 0 Å². The first kappa shape index (κ1) is 9.15. The van der Waals surface area contributed by atoms with Crippen molar-refractivity contribution in [2.45, 2.75) is 6.92 Å². The molecule has 0 aliphatic carbocycles. The van der Waals surface area contributed by atoms with Crippen LogP contribution < -0.4 is 0 Å². The fourth-order valence-electron chi connectivity index (χ4n) is 1.43. The van der Waals surface area contributed by atoms with Crippen LogP contribution in [0.2, 0.25) is 0 Å². The van der Waals surface area contributed by atoms with Crippen molar-refractivity contribution >= 4 is 27.4 Å². The molecule has 0 aliphatic rings. The first-order valence-corrected chi connectivity index (χ1v) is 4.89. The number of aryl methyl sites for hydroxylation is 1. The summed E-state index contributed by atoms with van der Waals surface area (Å²) in [7, 11) is 0. The number of carboxylic acid groups (broad SMARTS) is 1. The topological polar surface area (TPSA) is 37.3 Å². The molecule has 0 radical (unpaired) electrons. The molecule has 0 amide bonds. The van der Waals surface area contributed by atoms with Gasteiger partial charge in [0.25, 0.3) is 0 Å². The third-order valence-corrected chi connectivity index (χ3v) is 3.10. The lowest BCUT2D eigenvalue weighted by atomic mass is 10.1. The molecule has 0 atom stereocenters. The van der Waals surface area contributed by atoms with Gasteiger partial charge >= 0.3 is 5.97 Å². The van der Waals surface area contributed by atoms with Crippen LogP contribution in [0.3, 0.4) is 0 Å². The number of fused-ring (bicyclic) bond motifs is 1. The van der Waals surface area contributed by atoms with Gasteiger partial charge in [0.15, 0.2) is 0 Å². The Morgan fingerprint density at radius 1 is 1.50 bits per heavy atom. The number of aromatic carboxylic acids is 1. The molecule has 1 aromatic heterocycles. The van der Waals surface area contributed by atoms with E-state index in [2.05, 4.69) is 0 Å². The second kappa shape index (κ2) is 3.06. The van der Waals surface area contributed by atoms with Crippen LogP contribution >= 0.6 is 11.3 Å². The smallest absolute Gasteiger partial charge is 0.337 e. The summed E-state index contributed by atoms with van der Waals surface area (Å²) in [5.41, 5.74) is 0.864. The molecule has 1 aromatic carbocycles. The first-order valence-electron chi connectivity index (χ1n) is 4.01. The van der Waals surface area contributed by atoms with Gasteiger partial charge in [-0.1, -0.05) is 12.1 Å². The Labute approximate surface area is 83.6 Å². The molecule has 2 aromatic rings. The minimum atomic E-state index is -1.00. The fourth-order valence-corrected chi connectivity index (χ4v) is 2.44. The zero-order chi connectivity index (χ0) is 10.3. The molecular formula is C10H7FO2S. The van der Waals surface area contributed by atoms with E-state index in [0.717, 1.165) is 11.3 Å². The Hall–Kier alpha value is -1.42. The van der Waals surface area contributed by atoms with Crippen LogP contribution in [0.25, 0.3) is 10.1 Å². The van der Waals surface area contributed by atoms with E-state index in [0.29, 0.717) is 15.6 Å². The zero-order valence-corrected chi connectivity index (χ0v) is 8.19. The van der Waals surface area contributed by atoms with Gasteiger partial charge in [-0.25, -0.2) is 9.18 Å². The first-order chi connectivity index (χ1) is 6.61. The molecule has 0 fully saturated rings. The van der Waals surface area contributed by atoms with Crippen molar-refractivity contribution in [1.29, 1.82) is 0 Å². The maximum Gasteiger partial charge on any atom is 0.337 e. The van der Waals surface area contributed by atoms with Gasteiger partial charge < -0.3 is 5.11 Å². The Morgan fingerprint density at radius 2 is 2.21 bits per heavy atom. The zero-order valence-electron chi connectivity index (χ0n) is 7.37. The molecule has 2 nitrogen and oxygen atoms in total. The van der Waals surface area contributed by atoms with E-state index in [1.165, 1.54) is 5.38 Å². The molecule has 0 saturated carbocycles. The largest absolute Gasteiger partial charge is 0.478 e. The summed E-state index contributed by atoms with van der Waals surface area (Å²) in [6.07, 6.45) is 0. The van der Waals surface area contributed by atoms with Crippen LogP contribution in [0.1, 0.15) is 15.9 Å². The summed E-state index contributed by atoms with van der Waals surface area (Å²) in [4.78, 5) is 10.9. The standard InChI is InChI=1S/C10H7FO2S/c1-5-2-3-6-7(11)4-14-9(6)8(5)10(12)13/h2-4H,1H3,(H,12,13). The quantitative estimate of drug-likeness (QED) is 0.785. The highest BCUT2D eigenvalue weighted by Gasteiger charge is 2.15. The number of carbonyl (C=O) groups is 1. The van der Waals surface area contributed by atoms with Gasteiger partial charge in [-0.2, -0.15) is 0 Å². The van der Waals surface area contributed by atoms with E-state index >= 15 is 0 Å². The minimum absolute atomic E-state index is 0.205. The van der Waals surface area contributed by atoms with Gasteiger partial charge in [0.2, 0.25) is 0 Å². The molecule has 2 rings (SSSR count). The summed E-state index contributed by atoms with van der Waals surface area (Å²) in [6, 6.07) is 3.24. The molecule has 0 saturated heterocycles. The molecule has 1 heterocycles. The van der Waals surface area contributed by atoms with Crippen LogP contribution in [0.15, 0.2) is 17.5 Å². The maximum atomic E-state index is 13.1. The average Bonchev–Trinajstić information content (AvgIpc) is 2.47. The molecule has 4 heteroatoms. The number of halogens is 1. The predicted molar refractivity (Wildman–Crippen MR) is 53.5 cm³/mol. The van der Waals surface area contributed by atoms with E-state index < -0.39 is 5.97 Å². The molecular weight excluding hydrogens is 203 g/mol. The van der Waals surface area contributed by atoms with Gasteiger partial charge in [-0.05, 0) is 12.5 Å². The van der Waals surface area contributed by atoms with Gasteiger partial charge in [-0.3, -0.25) is 0 Å². The van der Waals surface area contributed by atoms with Crippen LogP contribution in [-0.4, -0.2) is 11.1 Å². The van der Waals surface area contributed by atoms with E-state index in [9.17, 15) is 9.18 Å². The van der Waals surface area contributed by atoms with Crippen LogP contribution in [0.4, 0.5) is 4.39 Å². The van der Waals surface area contributed by atoms with Crippen molar-refractivity contribution in [3.05, 3.63) is 34.5 Å². The summed E-state index contributed by atoms with van der Waals surface area (Å²) < 4.78 is 13.6. The summed E-state index contributed by atoms with van der Waals surface area (Å²) in [5, 5.41) is 10.7. The Bertz CT molecular complexity index is 516. The lowest BCUT2D eigenvalue weighted by molar-refractivity contribution is 0.0698. The number of carboxylic acids is 1. The van der Waals surface area contributed by atoms with Crippen LogP contribution in [0, 0.1) is 12.7 Å². The highest BCUT2D eigenvalue weighted by Crippen LogP contribution is 2.29. The van der Waals surface area contributed by atoms with Gasteiger partial charge in [0.1, 0.15) is 5.82 Å². The van der Waals surface area contributed by atoms with Crippen molar-refractivity contribution in [1.82, 2.24) is 0 Å². The van der Waals surface area contributed by atoms with E-state index in [4.69, 9.17) is 5.11 Å². The number of thiophene rings is 1. The molecule has 0 bridgehead atoms. The summed E-state index contributed by atoms with van der Waals surface area (Å²) in [6.45, 7) is 1.71. The van der Waals surface area contributed by atoms with Gasteiger partial charge in [0.05, 0.1) is 10.3 Å². The average molecular weight is 210 g/mol. The summed E-state index contributed by atoms with van der Waals surface area (Å²) in [5.74, 6) is -1.36. The lowest BCUT2D eigenvalue weighted by Gasteiger charge is -2.01. The molecule has 0 spiro atoms. The number of hydrogen-bond acceptors (Lipinski definition) is 2. The second-order valence-electron chi connectivity index (χ2n) is 3.02. The number of hydrogen-bond donors (Lipinski definition) is 1. The Morgan fingerprint density at radius 3 is 2.86 bits per heavy atom. The Kier molecular flexibility index (Phi) is 2.00. The highest BCUT2D eigenvalue weighted by atomic mass is 32.1. The normalized spacial score (nSPS) is 10.7. The molecule has 72 valence electrons. The monoisotopic (exact) mass is 210 g/mol. The maximum absolute atomic E-state index is 13.1. The van der Waals surface area contributed by atoms with Crippen molar-refractivity contribution in [3.8, 4) is 0 Å². The number of rotatable bonds is 1. The molecule has 0 aliphatic heterocycles. The lowest BCUT2D eigenvalue weighted by Crippen LogP contribution is -1.99. The summed E-state index contributed by atoms with van der Waals surface area (Å²) >= 11 is 1.13. The van der Waals surface area contributed by atoms with Gasteiger partial charge in [0, 0.05) is 10.8 Å². The molecule has 14 heavy (non-hydrogen) atoms. The minimum Gasteiger partial charge on any atom is -0.478 e. The van der Waals surface area contributed by atoms with Crippen LogP contribution in [-0.2, 0) is 0 Å². The number of benzene rings is 1. The van der Waals surface area contributed by atoms with Crippen molar-refractivity contribution in [2.24, 2.45) is 0 Å². The third kappa shape index (κ3) is 1.19. The van der Waals surface area contributed by atoms with Crippen molar-refractivity contribution in [3.63, 3.8) is 0 Å². The SMILES string of the molecule is Cc1ccc2c(F)csc2c1C(=O)O. The van der Waals surface area contributed by atoms with Crippen molar-refractivity contribution in [2.75, 3.05) is 0 Å². The fraction of sp³-hybridized carbons (Fsp3) is 0.100. The Balaban J connectivity index is 2.90. The van der Waals surface area contributed by atoms with E-state index in [1.807, 2.05) is 0 Å². The highest BCUT2D eigenvalue weighted by molar-refractivity contribution is 7.17. The van der Waals surface area contributed by atoms with Gasteiger partial charge in [-0.15, -0.1) is 11.3 Å². The van der Waals surface area contributed by atoms with E-state index in [-0.39, 0.29) is 11.4 Å². The van der Waals surface area contributed by atoms with E-state index in [1.54, 1.807) is 19.1 Å². The predicted octanol–water partition coefficient (Wildman–Crippen LogP) is 3.05.